The van der Waals surface area contributed by atoms with Crippen LogP contribution in [0, 0.1) is 6.20 Å². The zero-order chi connectivity index (χ0) is 5.11. The third-order valence-electron chi connectivity index (χ3n) is 0.456. The first-order valence-corrected chi connectivity index (χ1v) is 1.67. The minimum atomic E-state index is -0.446. The lowest BCUT2D eigenvalue weighted by molar-refractivity contribution is 0.907. The number of hydrogen-bond donors (Lipinski definition) is 1. The van der Waals surface area contributed by atoms with E-state index in [1.54, 1.807) is 0 Å². The van der Waals surface area contributed by atoms with Crippen LogP contribution in [-0.4, -0.2) is 15.2 Å². The van der Waals surface area contributed by atoms with Gasteiger partial charge in [-0.1, -0.05) is 0 Å². The third kappa shape index (κ3) is 0.819. The van der Waals surface area contributed by atoms with Crippen molar-refractivity contribution in [3.63, 3.8) is 0 Å². The van der Waals surface area contributed by atoms with Crippen molar-refractivity contribution in [2.24, 2.45) is 0 Å². The van der Waals surface area contributed by atoms with E-state index in [9.17, 15) is 4.79 Å². The lowest BCUT2D eigenvalue weighted by Gasteiger charge is -1.71. The Kier molecular flexibility index (Phi) is 0.856. The monoisotopic (exact) mass is 96.0 g/mol. The molecule has 0 atom stereocenters. The molecule has 4 nitrogen and oxygen atoms in total. The summed E-state index contributed by atoms with van der Waals surface area (Å²) in [6, 6.07) is 0. The van der Waals surface area contributed by atoms with Gasteiger partial charge in [0.25, 0.3) is 0 Å². The van der Waals surface area contributed by atoms with E-state index in [4.69, 9.17) is 0 Å². The molecule has 0 saturated heterocycles. The van der Waals surface area contributed by atoms with Crippen LogP contribution in [0.15, 0.2) is 11.0 Å². The van der Waals surface area contributed by atoms with E-state index >= 15 is 0 Å². The van der Waals surface area contributed by atoms with Crippen LogP contribution < -0.4 is 5.69 Å². The van der Waals surface area contributed by atoms with Gasteiger partial charge in [0.15, 0.2) is 0 Å². The quantitative estimate of drug-likeness (QED) is 0.449. The van der Waals surface area contributed by atoms with Crippen LogP contribution in [-0.2, 0) is 0 Å². The summed E-state index contributed by atoms with van der Waals surface area (Å²) in [5.41, 5.74) is -0.446. The van der Waals surface area contributed by atoms with Crippen LogP contribution in [0.25, 0.3) is 0 Å². The topological polar surface area (TPSA) is 58.6 Å². The summed E-state index contributed by atoms with van der Waals surface area (Å²) in [7, 11) is 0. The van der Waals surface area contributed by atoms with Crippen molar-refractivity contribution in [3.8, 4) is 0 Å². The summed E-state index contributed by atoms with van der Waals surface area (Å²) in [5, 5.41) is 5.32. The summed E-state index contributed by atoms with van der Waals surface area (Å²) in [6.45, 7) is 0. The van der Waals surface area contributed by atoms with E-state index in [0.717, 1.165) is 0 Å². The standard InChI is InChI=1S/C3H2N3O/c7-3-4-1-2-5-6-3/h1H,(H,4,6,7). The largest absolute Gasteiger partial charge is 0.361 e. The molecule has 0 fully saturated rings. The summed E-state index contributed by atoms with van der Waals surface area (Å²) >= 11 is 0. The average molecular weight is 96.1 g/mol. The summed E-state index contributed by atoms with van der Waals surface area (Å²) < 4.78 is 0. The highest BCUT2D eigenvalue weighted by Crippen LogP contribution is 1.50. The van der Waals surface area contributed by atoms with Crippen LogP contribution in [0.4, 0.5) is 0 Å². The van der Waals surface area contributed by atoms with Gasteiger partial charge in [-0.15, -0.1) is 0 Å². The smallest absolute Gasteiger partial charge is 0.244 e. The number of rotatable bonds is 0. The van der Waals surface area contributed by atoms with E-state index in [2.05, 4.69) is 21.4 Å². The Bertz CT molecular complexity index is 176. The van der Waals surface area contributed by atoms with Crippen LogP contribution in [0.1, 0.15) is 0 Å². The van der Waals surface area contributed by atoms with Crippen molar-refractivity contribution in [3.05, 3.63) is 22.9 Å². The minimum Gasteiger partial charge on any atom is -0.244 e. The van der Waals surface area contributed by atoms with Crippen LogP contribution >= 0.6 is 0 Å². The predicted molar refractivity (Wildman–Crippen MR) is 21.5 cm³/mol. The van der Waals surface area contributed by atoms with Crippen molar-refractivity contribution < 1.29 is 0 Å². The number of nitrogens with zero attached hydrogens (tertiary/aromatic N) is 2. The highest BCUT2D eigenvalue weighted by molar-refractivity contribution is 4.58. The second kappa shape index (κ2) is 1.51. The van der Waals surface area contributed by atoms with E-state index in [1.807, 2.05) is 0 Å². The molecule has 0 aliphatic carbocycles. The summed E-state index contributed by atoms with van der Waals surface area (Å²) in [6.07, 6.45) is 3.52. The SMILES string of the molecule is O=c1nc[c]n[nH]1. The summed E-state index contributed by atoms with van der Waals surface area (Å²) in [4.78, 5) is 13.3. The second-order valence-corrected chi connectivity index (χ2v) is 0.916. The maximum Gasteiger partial charge on any atom is 0.361 e. The third-order valence-corrected chi connectivity index (χ3v) is 0.456. The maximum absolute atomic E-state index is 10.0. The number of H-pyrrole nitrogens is 1. The molecule has 0 bridgehead atoms. The second-order valence-electron chi connectivity index (χ2n) is 0.916. The molecule has 1 aromatic rings. The molecule has 0 aliphatic heterocycles. The number of aromatic amines is 1. The van der Waals surface area contributed by atoms with E-state index < -0.39 is 5.69 Å². The Morgan fingerprint density at radius 1 is 1.86 bits per heavy atom. The molecule has 4 heteroatoms. The fourth-order valence-corrected chi connectivity index (χ4v) is 0.225. The zero-order valence-corrected chi connectivity index (χ0v) is 3.38. The molecule has 0 unspecified atom stereocenters. The molecule has 0 aromatic carbocycles. The molecule has 0 spiro atoms. The highest BCUT2D eigenvalue weighted by Gasteiger charge is 1.72. The van der Waals surface area contributed by atoms with Gasteiger partial charge in [-0.05, 0) is 0 Å². The molecule has 7 heavy (non-hydrogen) atoms. The fourth-order valence-electron chi connectivity index (χ4n) is 0.225. The molecule has 0 aliphatic rings. The molecule has 1 radical (unpaired) electrons. The molecule has 1 N–H and O–H groups in total. The first-order valence-electron chi connectivity index (χ1n) is 1.67. The van der Waals surface area contributed by atoms with E-state index in [0.29, 0.717) is 0 Å². The van der Waals surface area contributed by atoms with Gasteiger partial charge in [-0.25, -0.2) is 9.89 Å². The van der Waals surface area contributed by atoms with Crippen LogP contribution in [0.2, 0.25) is 0 Å². The normalized spacial score (nSPS) is 8.57. The van der Waals surface area contributed by atoms with Crippen molar-refractivity contribution in [1.82, 2.24) is 15.2 Å². The first kappa shape index (κ1) is 3.98. The Labute approximate surface area is 39.2 Å². The Balaban J connectivity index is 3.28. The molecule has 1 rings (SSSR count). The lowest BCUT2D eigenvalue weighted by atomic mass is 10.9. The van der Waals surface area contributed by atoms with Crippen LogP contribution in [0.5, 0.6) is 0 Å². The van der Waals surface area contributed by atoms with Gasteiger partial charge in [0, 0.05) is 0 Å². The number of hydrogen-bond acceptors (Lipinski definition) is 3. The molecule has 1 heterocycles. The lowest BCUT2D eigenvalue weighted by Crippen LogP contribution is -2.09. The van der Waals surface area contributed by atoms with E-state index in [1.165, 1.54) is 6.20 Å². The summed E-state index contributed by atoms with van der Waals surface area (Å²) in [5.74, 6) is 0. The van der Waals surface area contributed by atoms with Crippen molar-refractivity contribution >= 4 is 0 Å². The molecular weight excluding hydrogens is 94.1 g/mol. The van der Waals surface area contributed by atoms with Gasteiger partial charge in [-0.3, -0.25) is 0 Å². The van der Waals surface area contributed by atoms with Crippen LogP contribution in [0.3, 0.4) is 0 Å². The predicted octanol–water partition coefficient (Wildman–Crippen LogP) is -1.03. The highest BCUT2D eigenvalue weighted by atomic mass is 16.1. The Morgan fingerprint density at radius 2 is 2.71 bits per heavy atom. The minimum absolute atomic E-state index is 0.446. The van der Waals surface area contributed by atoms with Crippen molar-refractivity contribution in [1.29, 1.82) is 0 Å². The van der Waals surface area contributed by atoms with E-state index in [-0.39, 0.29) is 0 Å². The zero-order valence-electron chi connectivity index (χ0n) is 3.38. The first-order chi connectivity index (χ1) is 3.39. The Hall–Kier alpha value is -1.19. The molecule has 0 amide bonds. The number of aromatic nitrogens is 3. The van der Waals surface area contributed by atoms with Gasteiger partial charge < -0.3 is 0 Å². The van der Waals surface area contributed by atoms with Crippen molar-refractivity contribution in [2.45, 2.75) is 0 Å². The molecule has 1 aromatic heterocycles. The maximum atomic E-state index is 10.0. The van der Waals surface area contributed by atoms with Gasteiger partial charge in [0.05, 0.1) is 6.20 Å². The average Bonchev–Trinajstić information content (AvgIpc) is 1.69. The Morgan fingerprint density at radius 3 is 3.00 bits per heavy atom. The molecule has 0 saturated carbocycles. The molecular formula is C3H2N3O. The van der Waals surface area contributed by atoms with Gasteiger partial charge in [0.2, 0.25) is 0 Å². The van der Waals surface area contributed by atoms with Gasteiger partial charge >= 0.3 is 5.69 Å². The molecule has 35 valence electrons. The van der Waals surface area contributed by atoms with Gasteiger partial charge in [-0.2, -0.15) is 10.1 Å². The van der Waals surface area contributed by atoms with Crippen molar-refractivity contribution in [2.75, 3.05) is 0 Å². The number of nitrogens with one attached hydrogen (secondary N) is 1. The fraction of sp³-hybridized carbons (Fsp3) is 0. The van der Waals surface area contributed by atoms with Gasteiger partial charge in [0.1, 0.15) is 6.20 Å².